The minimum atomic E-state index is 0.557. The maximum Gasteiger partial charge on any atom is 0.196 e. The molecule has 0 N–H and O–H groups in total. The fourth-order valence-corrected chi connectivity index (χ4v) is 0.592. The highest BCUT2D eigenvalue weighted by Crippen LogP contribution is 1.99. The van der Waals surface area contributed by atoms with Crippen LogP contribution in [0.4, 0.5) is 0 Å². The quantitative estimate of drug-likeness (QED) is 0.446. The summed E-state index contributed by atoms with van der Waals surface area (Å²) in [6, 6.07) is 0. The van der Waals surface area contributed by atoms with Crippen LogP contribution in [-0.2, 0) is 0 Å². The van der Waals surface area contributed by atoms with Crippen molar-refractivity contribution in [2.45, 2.75) is 0 Å². The summed E-state index contributed by atoms with van der Waals surface area (Å²) >= 11 is 3.08. The van der Waals surface area contributed by atoms with Crippen LogP contribution in [0.2, 0.25) is 0 Å². The SMILES string of the molecule is C#Cc1cnc(Br)nc1. The van der Waals surface area contributed by atoms with E-state index >= 15 is 0 Å². The molecular formula is C6H3BrN2. The normalized spacial score (nSPS) is 8.44. The highest BCUT2D eigenvalue weighted by atomic mass is 79.9. The Morgan fingerprint density at radius 3 is 2.44 bits per heavy atom. The molecule has 0 unspecified atom stereocenters. The number of aromatic nitrogens is 2. The van der Waals surface area contributed by atoms with Gasteiger partial charge in [0.2, 0.25) is 0 Å². The van der Waals surface area contributed by atoms with E-state index in [-0.39, 0.29) is 0 Å². The van der Waals surface area contributed by atoms with E-state index in [0.717, 1.165) is 0 Å². The topological polar surface area (TPSA) is 25.8 Å². The van der Waals surface area contributed by atoms with E-state index in [1.807, 2.05) is 0 Å². The minimum Gasteiger partial charge on any atom is -0.229 e. The lowest BCUT2D eigenvalue weighted by molar-refractivity contribution is 1.10. The van der Waals surface area contributed by atoms with Crippen LogP contribution < -0.4 is 0 Å². The van der Waals surface area contributed by atoms with Gasteiger partial charge in [0.05, 0.1) is 5.56 Å². The van der Waals surface area contributed by atoms with Crippen LogP contribution in [0, 0.1) is 12.3 Å². The largest absolute Gasteiger partial charge is 0.229 e. The summed E-state index contributed by atoms with van der Waals surface area (Å²) in [4.78, 5) is 7.63. The van der Waals surface area contributed by atoms with Gasteiger partial charge in [0.15, 0.2) is 4.73 Å². The third-order valence-corrected chi connectivity index (χ3v) is 1.20. The third kappa shape index (κ3) is 1.51. The van der Waals surface area contributed by atoms with Gasteiger partial charge in [-0.15, -0.1) is 6.42 Å². The lowest BCUT2D eigenvalue weighted by Gasteiger charge is -1.86. The summed E-state index contributed by atoms with van der Waals surface area (Å²) in [6.45, 7) is 0. The number of nitrogens with zero attached hydrogens (tertiary/aromatic N) is 2. The van der Waals surface area contributed by atoms with Crippen molar-refractivity contribution >= 4 is 15.9 Å². The number of terminal acetylenes is 1. The molecule has 0 aliphatic carbocycles. The molecule has 0 fully saturated rings. The molecular weight excluding hydrogens is 180 g/mol. The number of hydrogen-bond acceptors (Lipinski definition) is 2. The Bertz CT molecular complexity index is 234. The first-order valence-electron chi connectivity index (χ1n) is 2.27. The van der Waals surface area contributed by atoms with Crippen LogP contribution in [-0.4, -0.2) is 9.97 Å². The van der Waals surface area contributed by atoms with E-state index in [1.165, 1.54) is 0 Å². The molecule has 2 nitrogen and oxygen atoms in total. The zero-order valence-electron chi connectivity index (χ0n) is 4.50. The van der Waals surface area contributed by atoms with Crippen LogP contribution in [0.15, 0.2) is 17.1 Å². The Morgan fingerprint density at radius 1 is 1.44 bits per heavy atom. The average Bonchev–Trinajstić information content (AvgIpc) is 1.90. The molecule has 9 heavy (non-hydrogen) atoms. The van der Waals surface area contributed by atoms with Crippen LogP contribution >= 0.6 is 15.9 Å². The van der Waals surface area contributed by atoms with Gasteiger partial charge in [-0.2, -0.15) is 0 Å². The molecule has 0 aliphatic rings. The van der Waals surface area contributed by atoms with E-state index in [4.69, 9.17) is 6.42 Å². The molecule has 1 aromatic heterocycles. The first-order chi connectivity index (χ1) is 4.33. The van der Waals surface area contributed by atoms with Crippen molar-refractivity contribution in [2.24, 2.45) is 0 Å². The van der Waals surface area contributed by atoms with E-state index < -0.39 is 0 Å². The molecule has 44 valence electrons. The Morgan fingerprint density at radius 2 is 2.00 bits per heavy atom. The maximum absolute atomic E-state index is 5.05. The molecule has 0 bridgehead atoms. The molecule has 1 rings (SSSR count). The van der Waals surface area contributed by atoms with Crippen molar-refractivity contribution in [3.63, 3.8) is 0 Å². The summed E-state index contributed by atoms with van der Waals surface area (Å²) in [6.07, 6.45) is 8.22. The lowest BCUT2D eigenvalue weighted by atomic mass is 10.4. The number of halogens is 1. The smallest absolute Gasteiger partial charge is 0.196 e. The molecule has 1 aromatic rings. The molecule has 0 radical (unpaired) electrons. The Labute approximate surface area is 61.5 Å². The Hall–Kier alpha value is -0.880. The third-order valence-electron chi connectivity index (χ3n) is 0.787. The van der Waals surface area contributed by atoms with Crippen molar-refractivity contribution in [2.75, 3.05) is 0 Å². The Balaban J connectivity index is 3.06. The summed E-state index contributed by atoms with van der Waals surface area (Å²) in [7, 11) is 0. The second kappa shape index (κ2) is 2.60. The zero-order valence-corrected chi connectivity index (χ0v) is 6.09. The fraction of sp³-hybridized carbons (Fsp3) is 0. The van der Waals surface area contributed by atoms with Crippen molar-refractivity contribution in [1.82, 2.24) is 9.97 Å². The standard InChI is InChI=1S/C6H3BrN2/c1-2-5-3-8-6(7)9-4-5/h1,3-4H. The van der Waals surface area contributed by atoms with Crippen molar-refractivity contribution < 1.29 is 0 Å². The zero-order chi connectivity index (χ0) is 6.69. The van der Waals surface area contributed by atoms with Gasteiger partial charge in [-0.3, -0.25) is 0 Å². The van der Waals surface area contributed by atoms with Crippen LogP contribution in [0.5, 0.6) is 0 Å². The molecule has 0 saturated heterocycles. The van der Waals surface area contributed by atoms with Crippen LogP contribution in [0.3, 0.4) is 0 Å². The summed E-state index contributed by atoms with van der Waals surface area (Å²) < 4.78 is 0.557. The Kier molecular flexibility index (Phi) is 1.81. The predicted octanol–water partition coefficient (Wildman–Crippen LogP) is 1.22. The summed E-state index contributed by atoms with van der Waals surface area (Å²) in [5.74, 6) is 2.41. The number of rotatable bonds is 0. The fourth-order valence-electron chi connectivity index (χ4n) is 0.387. The highest BCUT2D eigenvalue weighted by molar-refractivity contribution is 9.10. The second-order valence-corrected chi connectivity index (χ2v) is 2.09. The van der Waals surface area contributed by atoms with Crippen molar-refractivity contribution in [3.8, 4) is 12.3 Å². The van der Waals surface area contributed by atoms with Crippen molar-refractivity contribution in [1.29, 1.82) is 0 Å². The molecule has 0 amide bonds. The molecule has 1 heterocycles. The molecule has 0 spiro atoms. The minimum absolute atomic E-state index is 0.557. The second-order valence-electron chi connectivity index (χ2n) is 1.39. The van der Waals surface area contributed by atoms with Gasteiger partial charge < -0.3 is 0 Å². The first kappa shape index (κ1) is 6.24. The monoisotopic (exact) mass is 182 g/mol. The highest BCUT2D eigenvalue weighted by Gasteiger charge is 1.87. The van der Waals surface area contributed by atoms with Gasteiger partial charge in [-0.25, -0.2) is 9.97 Å². The van der Waals surface area contributed by atoms with E-state index in [9.17, 15) is 0 Å². The molecule has 3 heteroatoms. The molecule has 0 saturated carbocycles. The number of hydrogen-bond donors (Lipinski definition) is 0. The van der Waals surface area contributed by atoms with E-state index in [2.05, 4.69) is 31.8 Å². The van der Waals surface area contributed by atoms with Crippen molar-refractivity contribution in [3.05, 3.63) is 22.7 Å². The lowest BCUT2D eigenvalue weighted by Crippen LogP contribution is -1.82. The average molecular weight is 183 g/mol. The molecule has 0 atom stereocenters. The van der Waals surface area contributed by atoms with Gasteiger partial charge >= 0.3 is 0 Å². The van der Waals surface area contributed by atoms with Gasteiger partial charge in [-0.1, -0.05) is 5.92 Å². The van der Waals surface area contributed by atoms with E-state index in [1.54, 1.807) is 12.4 Å². The van der Waals surface area contributed by atoms with Gasteiger partial charge in [-0.05, 0) is 15.9 Å². The molecule has 0 aliphatic heterocycles. The van der Waals surface area contributed by atoms with Crippen LogP contribution in [0.25, 0.3) is 0 Å². The summed E-state index contributed by atoms with van der Waals surface area (Å²) in [5, 5.41) is 0. The maximum atomic E-state index is 5.05. The van der Waals surface area contributed by atoms with Crippen LogP contribution in [0.1, 0.15) is 5.56 Å². The van der Waals surface area contributed by atoms with Gasteiger partial charge in [0.25, 0.3) is 0 Å². The van der Waals surface area contributed by atoms with Gasteiger partial charge in [0, 0.05) is 12.4 Å². The van der Waals surface area contributed by atoms with E-state index in [0.29, 0.717) is 10.3 Å². The molecule has 0 aromatic carbocycles. The van der Waals surface area contributed by atoms with Gasteiger partial charge in [0.1, 0.15) is 0 Å². The summed E-state index contributed by atoms with van der Waals surface area (Å²) in [5.41, 5.74) is 0.693. The first-order valence-corrected chi connectivity index (χ1v) is 3.06. The predicted molar refractivity (Wildman–Crippen MR) is 37.7 cm³/mol.